The fraction of sp³-hybridized carbons (Fsp3) is 0.421. The second-order valence-electron chi connectivity index (χ2n) is 6.89. The Bertz CT molecular complexity index is 767. The van der Waals surface area contributed by atoms with Gasteiger partial charge in [-0.1, -0.05) is 6.07 Å². The molecule has 2 aromatic rings. The second-order valence-corrected chi connectivity index (χ2v) is 8.73. The van der Waals surface area contributed by atoms with E-state index in [1.165, 1.54) is 66.3 Å². The number of nitrogen functional groups attached to an aromatic ring is 1. The average Bonchev–Trinajstić information content (AvgIpc) is 3.20. The van der Waals surface area contributed by atoms with Gasteiger partial charge in [-0.3, -0.25) is 9.93 Å². The molecule has 0 aliphatic heterocycles. The lowest BCUT2D eigenvalue weighted by molar-refractivity contribution is -0.106. The minimum Gasteiger partial charge on any atom is -0.398 e. The fourth-order valence-corrected chi connectivity index (χ4v) is 4.54. The van der Waals surface area contributed by atoms with E-state index in [2.05, 4.69) is 11.8 Å². The van der Waals surface area contributed by atoms with Crippen molar-refractivity contribution in [2.45, 2.75) is 55.8 Å². The highest BCUT2D eigenvalue weighted by molar-refractivity contribution is 7.99. The quantitative estimate of drug-likeness (QED) is 0.356. The van der Waals surface area contributed by atoms with Crippen molar-refractivity contribution in [3.8, 4) is 0 Å². The van der Waals surface area contributed by atoms with E-state index < -0.39 is 5.60 Å². The molecule has 1 heterocycles. The summed E-state index contributed by atoms with van der Waals surface area (Å²) in [6.07, 6.45) is 6.50. The number of fused-ring (bicyclic) bond motifs is 2. The van der Waals surface area contributed by atoms with E-state index in [-0.39, 0.29) is 6.41 Å². The third-order valence-corrected chi connectivity index (χ3v) is 6.34. The minimum absolute atomic E-state index is 0.250. The molecular weight excluding hydrogens is 366 g/mol. The molecule has 0 saturated carbocycles. The van der Waals surface area contributed by atoms with Crippen LogP contribution >= 0.6 is 23.3 Å². The zero-order chi connectivity index (χ0) is 19.3. The summed E-state index contributed by atoms with van der Waals surface area (Å²) in [6.45, 7) is 3.53. The van der Waals surface area contributed by atoms with Crippen molar-refractivity contribution in [2.24, 2.45) is 10.9 Å². The summed E-state index contributed by atoms with van der Waals surface area (Å²) in [4.78, 5) is 8.58. The normalized spacial score (nSPS) is 14.0. The number of hydrogen-bond acceptors (Lipinski definition) is 6. The Morgan fingerprint density at radius 2 is 1.77 bits per heavy atom. The van der Waals surface area contributed by atoms with Crippen LogP contribution in [0, 0.1) is 0 Å². The average molecular weight is 394 g/mol. The van der Waals surface area contributed by atoms with Gasteiger partial charge in [-0.05, 0) is 97.2 Å². The first-order valence-corrected chi connectivity index (χ1v) is 10.3. The Morgan fingerprint density at radius 1 is 1.15 bits per heavy atom. The predicted octanol–water partition coefficient (Wildman–Crippen LogP) is 2.90. The molecule has 1 amide bonds. The van der Waals surface area contributed by atoms with Crippen LogP contribution in [0.4, 0.5) is 5.69 Å². The van der Waals surface area contributed by atoms with Crippen LogP contribution in [0.5, 0.6) is 0 Å². The number of benzene rings is 1. The molecule has 0 saturated heterocycles. The number of aliphatic hydroxyl groups is 1. The molecular formula is C19H27N3O2S2. The lowest BCUT2D eigenvalue weighted by atomic mass is 9.84. The topological polar surface area (TPSA) is 115 Å². The van der Waals surface area contributed by atoms with Crippen molar-refractivity contribution < 1.29 is 9.90 Å². The molecule has 2 aliphatic rings. The SMILES string of the molecule is CC(C)(O)c1csc(SN)c1.NC=O.Nc1c2c(cc3c1CC3)CCC2. The molecule has 5 nitrogen and oxygen atoms in total. The third-order valence-electron chi connectivity index (χ3n) is 4.69. The number of primary amides is 1. The summed E-state index contributed by atoms with van der Waals surface area (Å²) < 4.78 is 1.03. The number of nitrogens with two attached hydrogens (primary N) is 3. The molecule has 142 valence electrons. The van der Waals surface area contributed by atoms with Crippen molar-refractivity contribution in [3.63, 3.8) is 0 Å². The van der Waals surface area contributed by atoms with Gasteiger partial charge >= 0.3 is 0 Å². The third kappa shape index (κ3) is 4.79. The van der Waals surface area contributed by atoms with E-state index in [0.29, 0.717) is 0 Å². The van der Waals surface area contributed by atoms with E-state index in [4.69, 9.17) is 15.7 Å². The fourth-order valence-electron chi connectivity index (χ4n) is 3.19. The highest BCUT2D eigenvalue weighted by Gasteiger charge is 2.23. The monoisotopic (exact) mass is 393 g/mol. The van der Waals surface area contributed by atoms with Crippen LogP contribution in [0.1, 0.15) is 48.1 Å². The maximum absolute atomic E-state index is 9.55. The molecule has 26 heavy (non-hydrogen) atoms. The molecule has 0 fully saturated rings. The van der Waals surface area contributed by atoms with Crippen LogP contribution in [-0.2, 0) is 36.1 Å². The Morgan fingerprint density at radius 3 is 2.23 bits per heavy atom. The number of carbonyl (C=O) groups excluding carboxylic acids is 1. The number of aryl methyl sites for hydroxylation is 2. The van der Waals surface area contributed by atoms with E-state index in [0.717, 1.165) is 15.5 Å². The summed E-state index contributed by atoms with van der Waals surface area (Å²) in [5.41, 5.74) is 17.5. The van der Waals surface area contributed by atoms with Gasteiger partial charge < -0.3 is 16.6 Å². The number of amides is 1. The zero-order valence-electron chi connectivity index (χ0n) is 15.2. The van der Waals surface area contributed by atoms with Crippen molar-refractivity contribution in [2.75, 3.05) is 5.73 Å². The molecule has 4 rings (SSSR count). The molecule has 2 aliphatic carbocycles. The van der Waals surface area contributed by atoms with Crippen LogP contribution in [0.2, 0.25) is 0 Å². The van der Waals surface area contributed by atoms with E-state index >= 15 is 0 Å². The summed E-state index contributed by atoms with van der Waals surface area (Å²) in [5, 5.41) is 16.8. The molecule has 0 unspecified atom stereocenters. The Balaban J connectivity index is 0.000000164. The van der Waals surface area contributed by atoms with Gasteiger partial charge in [0.2, 0.25) is 6.41 Å². The largest absolute Gasteiger partial charge is 0.398 e. The predicted molar refractivity (Wildman–Crippen MR) is 110 cm³/mol. The van der Waals surface area contributed by atoms with Gasteiger partial charge in [-0.15, -0.1) is 11.3 Å². The summed E-state index contributed by atoms with van der Waals surface area (Å²) in [7, 11) is 0. The van der Waals surface area contributed by atoms with Crippen molar-refractivity contribution in [1.29, 1.82) is 0 Å². The van der Waals surface area contributed by atoms with Gasteiger partial charge in [0.15, 0.2) is 0 Å². The van der Waals surface area contributed by atoms with E-state index in [9.17, 15) is 5.11 Å². The number of thiophene rings is 1. The first-order chi connectivity index (χ1) is 12.3. The molecule has 0 bridgehead atoms. The minimum atomic E-state index is -0.746. The van der Waals surface area contributed by atoms with Gasteiger partial charge in [-0.25, -0.2) is 0 Å². The van der Waals surface area contributed by atoms with Crippen LogP contribution in [-0.4, -0.2) is 11.5 Å². The van der Waals surface area contributed by atoms with Gasteiger partial charge in [-0.2, -0.15) is 0 Å². The maximum atomic E-state index is 9.55. The molecule has 0 radical (unpaired) electrons. The van der Waals surface area contributed by atoms with E-state index in [1.807, 2.05) is 11.4 Å². The summed E-state index contributed by atoms with van der Waals surface area (Å²) in [5.74, 6) is 0. The lowest BCUT2D eigenvalue weighted by Crippen LogP contribution is -2.13. The molecule has 1 aromatic heterocycles. The van der Waals surface area contributed by atoms with Crippen molar-refractivity contribution in [1.82, 2.24) is 0 Å². The first kappa shape index (κ1) is 20.8. The van der Waals surface area contributed by atoms with Crippen LogP contribution < -0.4 is 16.6 Å². The number of anilines is 1. The molecule has 0 atom stereocenters. The second kappa shape index (κ2) is 8.90. The standard InChI is InChI=1S/C11H13N.C7H11NOS2.CH3NO/c12-11-9-3-1-2-7(9)6-8-4-5-10(8)11;1-7(2,9)5-3-6(11-8)10-4-5;2-1-3/h6H,1-5,12H2;3-4,9H,8H2,1-2H3;1H,(H2,2,3). The zero-order valence-corrected chi connectivity index (χ0v) is 16.9. The number of rotatable bonds is 2. The van der Waals surface area contributed by atoms with E-state index in [1.54, 1.807) is 25.2 Å². The summed E-state index contributed by atoms with van der Waals surface area (Å²) in [6, 6.07) is 4.30. The van der Waals surface area contributed by atoms with Crippen LogP contribution in [0.15, 0.2) is 21.7 Å². The smallest absolute Gasteiger partial charge is 0.204 e. The molecule has 0 spiro atoms. The first-order valence-electron chi connectivity index (χ1n) is 8.57. The van der Waals surface area contributed by atoms with Crippen LogP contribution in [0.25, 0.3) is 0 Å². The van der Waals surface area contributed by atoms with Gasteiger partial charge in [0.1, 0.15) is 0 Å². The Kier molecular flexibility index (Phi) is 7.11. The molecule has 1 aromatic carbocycles. The summed E-state index contributed by atoms with van der Waals surface area (Å²) >= 11 is 2.77. The molecule has 7 N–H and O–H groups in total. The van der Waals surface area contributed by atoms with Gasteiger partial charge in [0, 0.05) is 5.69 Å². The highest BCUT2D eigenvalue weighted by atomic mass is 32.2. The Labute approximate surface area is 163 Å². The maximum Gasteiger partial charge on any atom is 0.204 e. The lowest BCUT2D eigenvalue weighted by Gasteiger charge is -2.23. The van der Waals surface area contributed by atoms with Crippen molar-refractivity contribution >= 4 is 35.4 Å². The van der Waals surface area contributed by atoms with Crippen LogP contribution in [0.3, 0.4) is 0 Å². The number of hydrogen-bond donors (Lipinski definition) is 4. The number of carbonyl (C=O) groups is 1. The van der Waals surface area contributed by atoms with Gasteiger partial charge in [0.05, 0.1) is 9.81 Å². The highest BCUT2D eigenvalue weighted by Crippen LogP contribution is 2.37. The van der Waals surface area contributed by atoms with Gasteiger partial charge in [0.25, 0.3) is 0 Å². The Hall–Kier alpha value is -1.54. The molecule has 7 heteroatoms. The van der Waals surface area contributed by atoms with Crippen molar-refractivity contribution in [3.05, 3.63) is 45.3 Å².